The standard InChI is InChI=1S/C44H46F3N5O7/c1-43(2,3)58-40(54)50-38(37(29-12-16-31(45)17-13-29)30-14-18-32(46)19-15-30)39(53)49-36-25-48-24-35(47)34(36)21-20-33-26-51(41(55)59-44(4,5)6)22-23-52(33)42(56)57-27-28-10-8-7-9-11-28/h7-19,24-25,33,37-38H,22-23,26-27H2,1-6H3,(H,49,53)(H,50,54). The molecule has 12 nitrogen and oxygen atoms in total. The largest absolute Gasteiger partial charge is 0.445 e. The number of benzene rings is 3. The molecule has 2 N–H and O–H groups in total. The van der Waals surface area contributed by atoms with E-state index in [4.69, 9.17) is 14.2 Å². The van der Waals surface area contributed by atoms with Crippen molar-refractivity contribution in [2.45, 2.75) is 77.4 Å². The lowest BCUT2D eigenvalue weighted by molar-refractivity contribution is -0.118. The van der Waals surface area contributed by atoms with E-state index in [1.54, 1.807) is 65.8 Å². The van der Waals surface area contributed by atoms with Gasteiger partial charge in [0.15, 0.2) is 5.82 Å². The number of rotatable bonds is 8. The van der Waals surface area contributed by atoms with E-state index < -0.39 is 70.8 Å². The number of ether oxygens (including phenoxy) is 3. The second-order valence-corrected chi connectivity index (χ2v) is 15.7. The zero-order valence-corrected chi connectivity index (χ0v) is 33.6. The van der Waals surface area contributed by atoms with Crippen LogP contribution in [-0.4, -0.2) is 81.9 Å². The number of pyridine rings is 1. The summed E-state index contributed by atoms with van der Waals surface area (Å²) >= 11 is 0. The van der Waals surface area contributed by atoms with Crippen molar-refractivity contribution < 1.29 is 46.6 Å². The predicted molar refractivity (Wildman–Crippen MR) is 212 cm³/mol. The molecule has 1 aromatic heterocycles. The van der Waals surface area contributed by atoms with Gasteiger partial charge in [-0.25, -0.2) is 27.6 Å². The van der Waals surface area contributed by atoms with Crippen LogP contribution in [0.3, 0.4) is 0 Å². The molecule has 310 valence electrons. The summed E-state index contributed by atoms with van der Waals surface area (Å²) in [5, 5.41) is 5.22. The number of hydrogen-bond acceptors (Lipinski definition) is 8. The lowest BCUT2D eigenvalue weighted by Crippen LogP contribution is -2.56. The van der Waals surface area contributed by atoms with Gasteiger partial charge in [-0.05, 0) is 82.5 Å². The van der Waals surface area contributed by atoms with Crippen LogP contribution in [0.5, 0.6) is 0 Å². The Kier molecular flexibility index (Phi) is 13.9. The molecule has 0 aliphatic carbocycles. The second-order valence-electron chi connectivity index (χ2n) is 15.7. The maximum absolute atomic E-state index is 15.7. The number of halogens is 3. The minimum Gasteiger partial charge on any atom is -0.445 e. The molecule has 1 aliphatic heterocycles. The van der Waals surface area contributed by atoms with Gasteiger partial charge in [-0.1, -0.05) is 66.4 Å². The minimum absolute atomic E-state index is 0.0147. The summed E-state index contributed by atoms with van der Waals surface area (Å²) in [6.45, 7) is 10.0. The minimum atomic E-state index is -1.51. The summed E-state index contributed by atoms with van der Waals surface area (Å²) in [5.41, 5.74) is -0.808. The van der Waals surface area contributed by atoms with E-state index in [1.807, 2.05) is 6.07 Å². The number of carbonyl (C=O) groups excluding carboxylic acids is 4. The van der Waals surface area contributed by atoms with Gasteiger partial charge >= 0.3 is 18.3 Å². The van der Waals surface area contributed by atoms with Gasteiger partial charge in [0, 0.05) is 19.0 Å². The van der Waals surface area contributed by atoms with Crippen LogP contribution in [0.1, 0.15) is 69.7 Å². The number of hydrogen-bond donors (Lipinski definition) is 2. The van der Waals surface area contributed by atoms with Gasteiger partial charge in [-0.15, -0.1) is 0 Å². The third kappa shape index (κ3) is 12.5. The van der Waals surface area contributed by atoms with Gasteiger partial charge in [0.2, 0.25) is 5.91 Å². The van der Waals surface area contributed by atoms with Crippen molar-refractivity contribution in [2.24, 2.45) is 0 Å². The molecule has 2 atom stereocenters. The monoisotopic (exact) mass is 813 g/mol. The molecule has 2 heterocycles. The van der Waals surface area contributed by atoms with Crippen LogP contribution >= 0.6 is 0 Å². The molecular weight excluding hydrogens is 768 g/mol. The molecule has 5 rings (SSSR count). The Morgan fingerprint density at radius 2 is 1.39 bits per heavy atom. The summed E-state index contributed by atoms with van der Waals surface area (Å²) in [6, 6.07) is 16.9. The number of carbonyl (C=O) groups is 4. The highest BCUT2D eigenvalue weighted by atomic mass is 19.1. The third-order valence-electron chi connectivity index (χ3n) is 8.74. The SMILES string of the molecule is CC(C)(C)OC(=O)NC(C(=O)Nc1cncc(F)c1C#CC1CN(C(=O)OC(C)(C)C)CCN1C(=O)OCc1ccccc1)C(c1ccc(F)cc1)c1ccc(F)cc1. The lowest BCUT2D eigenvalue weighted by Gasteiger charge is -2.38. The Morgan fingerprint density at radius 3 is 1.97 bits per heavy atom. The van der Waals surface area contributed by atoms with Gasteiger partial charge < -0.3 is 29.7 Å². The van der Waals surface area contributed by atoms with Crippen molar-refractivity contribution in [1.29, 1.82) is 0 Å². The van der Waals surface area contributed by atoms with E-state index in [1.165, 1.54) is 58.3 Å². The van der Waals surface area contributed by atoms with E-state index in [9.17, 15) is 28.0 Å². The number of anilines is 1. The first-order valence-corrected chi connectivity index (χ1v) is 18.8. The van der Waals surface area contributed by atoms with Crippen LogP contribution in [0.15, 0.2) is 91.3 Å². The predicted octanol–water partition coefficient (Wildman–Crippen LogP) is 7.77. The van der Waals surface area contributed by atoms with Crippen LogP contribution in [0.4, 0.5) is 33.2 Å². The molecule has 1 saturated heterocycles. The number of nitrogens with one attached hydrogen (secondary N) is 2. The van der Waals surface area contributed by atoms with Gasteiger partial charge in [0.25, 0.3) is 0 Å². The fourth-order valence-corrected chi connectivity index (χ4v) is 6.09. The molecule has 0 spiro atoms. The van der Waals surface area contributed by atoms with Crippen LogP contribution in [0.25, 0.3) is 0 Å². The Hall–Kier alpha value is -6.56. The van der Waals surface area contributed by atoms with Crippen LogP contribution in [-0.2, 0) is 25.6 Å². The maximum Gasteiger partial charge on any atom is 0.411 e. The van der Waals surface area contributed by atoms with E-state index in [0.29, 0.717) is 11.1 Å². The number of piperazine rings is 1. The van der Waals surface area contributed by atoms with Gasteiger partial charge in [-0.3, -0.25) is 14.7 Å². The molecule has 4 aromatic rings. The molecule has 15 heteroatoms. The first-order chi connectivity index (χ1) is 27.9. The van der Waals surface area contributed by atoms with E-state index in [0.717, 1.165) is 18.0 Å². The van der Waals surface area contributed by atoms with Crippen molar-refractivity contribution >= 4 is 29.9 Å². The summed E-state index contributed by atoms with van der Waals surface area (Å²) in [5.74, 6) is 1.64. The van der Waals surface area contributed by atoms with E-state index in [2.05, 4.69) is 27.5 Å². The lowest BCUT2D eigenvalue weighted by atomic mass is 9.84. The van der Waals surface area contributed by atoms with E-state index in [-0.39, 0.29) is 37.5 Å². The van der Waals surface area contributed by atoms with Gasteiger partial charge in [0.05, 0.1) is 30.2 Å². The molecule has 0 radical (unpaired) electrons. The highest BCUT2D eigenvalue weighted by Gasteiger charge is 2.36. The number of amides is 4. The number of nitrogens with zero attached hydrogens (tertiary/aromatic N) is 3. The van der Waals surface area contributed by atoms with Crippen molar-refractivity contribution in [1.82, 2.24) is 20.1 Å². The molecule has 0 bridgehead atoms. The third-order valence-corrected chi connectivity index (χ3v) is 8.74. The maximum atomic E-state index is 15.7. The molecule has 4 amide bonds. The van der Waals surface area contributed by atoms with E-state index >= 15 is 4.39 Å². The Bertz CT molecular complexity index is 2140. The van der Waals surface area contributed by atoms with Gasteiger partial charge in [-0.2, -0.15) is 0 Å². The van der Waals surface area contributed by atoms with Crippen molar-refractivity contribution in [3.05, 3.63) is 131 Å². The molecule has 59 heavy (non-hydrogen) atoms. The fraction of sp³-hybridized carbons (Fsp3) is 0.341. The zero-order valence-electron chi connectivity index (χ0n) is 33.6. The number of aromatic nitrogens is 1. The summed E-state index contributed by atoms with van der Waals surface area (Å²) in [7, 11) is 0. The molecule has 1 fully saturated rings. The van der Waals surface area contributed by atoms with Crippen molar-refractivity contribution in [3.63, 3.8) is 0 Å². The normalized spacial score (nSPS) is 14.7. The second kappa shape index (κ2) is 18.8. The van der Waals surface area contributed by atoms with Crippen LogP contribution < -0.4 is 10.6 Å². The molecule has 2 unspecified atom stereocenters. The molecule has 1 aliphatic rings. The molecule has 0 saturated carbocycles. The van der Waals surface area contributed by atoms with Crippen molar-refractivity contribution in [2.75, 3.05) is 25.0 Å². The topological polar surface area (TPSA) is 139 Å². The molecular formula is C44H46F3N5O7. The highest BCUT2D eigenvalue weighted by molar-refractivity contribution is 5.98. The summed E-state index contributed by atoms with van der Waals surface area (Å²) < 4.78 is 60.5. The average molecular weight is 814 g/mol. The summed E-state index contributed by atoms with van der Waals surface area (Å²) in [4.78, 5) is 60.8. The zero-order chi connectivity index (χ0) is 42.9. The number of alkyl carbamates (subject to hydrolysis) is 1. The average Bonchev–Trinajstić information content (AvgIpc) is 3.16. The van der Waals surface area contributed by atoms with Crippen molar-refractivity contribution in [3.8, 4) is 11.8 Å². The Labute approximate surface area is 341 Å². The smallest absolute Gasteiger partial charge is 0.411 e. The quantitative estimate of drug-likeness (QED) is 0.136. The molecule has 3 aromatic carbocycles. The van der Waals surface area contributed by atoms with Gasteiger partial charge in [0.1, 0.15) is 41.5 Å². The highest BCUT2D eigenvalue weighted by Crippen LogP contribution is 2.31. The first kappa shape index (κ1) is 43.6. The first-order valence-electron chi connectivity index (χ1n) is 18.8. The van der Waals surface area contributed by atoms with Crippen LogP contribution in [0, 0.1) is 29.3 Å². The fourth-order valence-electron chi connectivity index (χ4n) is 6.09. The van der Waals surface area contributed by atoms with Crippen LogP contribution in [0.2, 0.25) is 0 Å². The Morgan fingerprint density at radius 1 is 0.797 bits per heavy atom. The summed E-state index contributed by atoms with van der Waals surface area (Å²) in [6.07, 6.45) is -0.291. The Balaban J connectivity index is 1.50.